The van der Waals surface area contributed by atoms with E-state index in [9.17, 15) is 28.9 Å². The Kier molecular flexibility index (Phi) is 8.49. The number of hydrogen-bond acceptors (Lipinski definition) is 15. The van der Waals surface area contributed by atoms with Crippen molar-refractivity contribution >= 4 is 41.9 Å². The summed E-state index contributed by atoms with van der Waals surface area (Å²) >= 11 is 0. The van der Waals surface area contributed by atoms with Crippen LogP contribution in [0.25, 0.3) is 22.3 Å². The lowest BCUT2D eigenvalue weighted by atomic mass is 10.2. The van der Waals surface area contributed by atoms with E-state index in [1.54, 1.807) is 0 Å². The number of aliphatic hydroxyl groups excluding tert-OH is 2. The van der Waals surface area contributed by atoms with Gasteiger partial charge in [0.25, 0.3) is 5.56 Å². The number of phosphoric acid groups is 1. The third-order valence-corrected chi connectivity index (χ3v) is 7.46. The Bertz CT molecular complexity index is 1660. The van der Waals surface area contributed by atoms with Gasteiger partial charge >= 0.3 is 7.82 Å². The minimum Gasteiger partial charge on any atom is -0.394 e. The highest BCUT2D eigenvalue weighted by Gasteiger charge is 2.43. The molecule has 1 saturated heterocycles. The first-order valence-electron chi connectivity index (χ1n) is 12.5. The number of fused-ring (bicyclic) bond motifs is 2. The summed E-state index contributed by atoms with van der Waals surface area (Å²) in [5, 5.41) is 19.9. The monoisotopic (exact) mass is 614 g/mol. The molecular formula is C21H28FN10O9P. The molecule has 0 aliphatic carbocycles. The Morgan fingerprint density at radius 3 is 2.71 bits per heavy atom. The van der Waals surface area contributed by atoms with Crippen LogP contribution < -0.4 is 17.0 Å². The van der Waals surface area contributed by atoms with Gasteiger partial charge in [-0.05, 0) is 6.92 Å². The van der Waals surface area contributed by atoms with Crippen LogP contribution in [0.4, 0.5) is 16.2 Å². The predicted octanol–water partition coefficient (Wildman–Crippen LogP) is -0.860. The van der Waals surface area contributed by atoms with Crippen LogP contribution in [-0.4, -0.2) is 98.4 Å². The summed E-state index contributed by atoms with van der Waals surface area (Å²) in [6.07, 6.45) is -3.57. The van der Waals surface area contributed by atoms with Crippen molar-refractivity contribution in [3.63, 3.8) is 0 Å². The molecular weight excluding hydrogens is 586 g/mol. The number of nitrogens with zero attached hydrogens (tertiary/aromatic N) is 7. The Morgan fingerprint density at radius 2 is 2.00 bits per heavy atom. The molecule has 21 heteroatoms. The summed E-state index contributed by atoms with van der Waals surface area (Å²) in [5.74, 6) is -0.132. The Hall–Kier alpha value is -3.62. The van der Waals surface area contributed by atoms with Crippen molar-refractivity contribution in [2.45, 2.75) is 50.2 Å². The number of halogens is 1. The van der Waals surface area contributed by atoms with Gasteiger partial charge in [0, 0.05) is 6.42 Å². The van der Waals surface area contributed by atoms with E-state index in [1.165, 1.54) is 28.7 Å². The van der Waals surface area contributed by atoms with E-state index in [-0.39, 0.29) is 40.5 Å². The maximum atomic E-state index is 14.1. The second-order valence-corrected chi connectivity index (χ2v) is 10.8. The van der Waals surface area contributed by atoms with Gasteiger partial charge in [-0.2, -0.15) is 4.98 Å². The van der Waals surface area contributed by atoms with E-state index in [0.29, 0.717) is 0 Å². The highest BCUT2D eigenvalue weighted by molar-refractivity contribution is 7.47. The van der Waals surface area contributed by atoms with Crippen LogP contribution in [-0.2, 0) is 23.1 Å². The molecule has 8 N–H and O–H groups in total. The number of nitrogens with two attached hydrogens (primary N) is 2. The minimum absolute atomic E-state index is 0.0148. The van der Waals surface area contributed by atoms with Gasteiger partial charge in [-0.3, -0.25) is 28.0 Å². The summed E-state index contributed by atoms with van der Waals surface area (Å²) in [5.41, 5.74) is 11.1. The number of imidazole rings is 2. The van der Waals surface area contributed by atoms with Crippen molar-refractivity contribution in [3.05, 3.63) is 29.3 Å². The molecule has 4 aromatic rings. The number of anilines is 2. The standard InChI is InChI=1S/C21H28FN10O9P/c1-9(34)12(40-13(3-22)31-7-27-14-16(23)25-6-26-17(14)31)5-38-42(36,37)41-11-2-10(4-33)39-20(11)32-8-28-15-18(32)29-21(24)30-19(15)35/h6-13,20,33-34H,2-5H2,1H3,(H,36,37)(H2,23,25,26)(H3,24,29,30,35)/t9-,10+,11+,12-,13-,20-/m1/s1. The lowest BCUT2D eigenvalue weighted by Gasteiger charge is -2.27. The molecule has 5 rings (SSSR count). The van der Waals surface area contributed by atoms with Crippen molar-refractivity contribution in [1.82, 2.24) is 39.0 Å². The summed E-state index contributed by atoms with van der Waals surface area (Å²) in [6.45, 7) is -0.918. The van der Waals surface area contributed by atoms with Gasteiger partial charge in [0.1, 0.15) is 30.7 Å². The van der Waals surface area contributed by atoms with E-state index in [0.717, 1.165) is 6.33 Å². The third-order valence-electron chi connectivity index (χ3n) is 6.44. The quantitative estimate of drug-likeness (QED) is 0.106. The largest absolute Gasteiger partial charge is 0.472 e. The second-order valence-electron chi connectivity index (χ2n) is 9.36. The first-order chi connectivity index (χ1) is 20.0. The number of hydrogen-bond donors (Lipinski definition) is 6. The fraction of sp³-hybridized carbons (Fsp3) is 0.524. The molecule has 7 atom stereocenters. The van der Waals surface area contributed by atoms with Gasteiger partial charge in [0.2, 0.25) is 5.95 Å². The number of nitrogens with one attached hydrogen (secondary N) is 1. The number of aromatic amines is 1. The summed E-state index contributed by atoms with van der Waals surface area (Å²) in [4.78, 5) is 45.0. The van der Waals surface area contributed by atoms with E-state index in [2.05, 4.69) is 29.9 Å². The molecule has 0 amide bonds. The molecule has 1 unspecified atom stereocenters. The van der Waals surface area contributed by atoms with Crippen LogP contribution in [0.5, 0.6) is 0 Å². The van der Waals surface area contributed by atoms with Crippen LogP contribution in [0.15, 0.2) is 23.8 Å². The summed E-state index contributed by atoms with van der Waals surface area (Å²) in [7, 11) is -4.90. The lowest BCUT2D eigenvalue weighted by Crippen LogP contribution is -2.34. The van der Waals surface area contributed by atoms with Crippen LogP contribution in [0.1, 0.15) is 25.8 Å². The highest BCUT2D eigenvalue weighted by atomic mass is 31.2. The zero-order chi connectivity index (χ0) is 30.2. The smallest absolute Gasteiger partial charge is 0.394 e. The van der Waals surface area contributed by atoms with Gasteiger partial charge in [0.15, 0.2) is 35.1 Å². The molecule has 42 heavy (non-hydrogen) atoms. The summed E-state index contributed by atoms with van der Waals surface area (Å²) < 4.78 is 51.5. The summed E-state index contributed by atoms with van der Waals surface area (Å²) in [6, 6.07) is 0. The Morgan fingerprint density at radius 1 is 1.24 bits per heavy atom. The zero-order valence-electron chi connectivity index (χ0n) is 21.9. The third kappa shape index (κ3) is 5.96. The molecule has 1 aliphatic rings. The fourth-order valence-electron chi connectivity index (χ4n) is 4.42. The minimum atomic E-state index is -4.90. The molecule has 0 radical (unpaired) electrons. The SMILES string of the molecule is C[C@@H](O)[C@@H](COP(=O)(O)O[C@H]1C[C@@H](CO)O[C@H]1n1cnc2c(=O)[nH]c(N)nc21)O[C@H](CF)n1cnc2c(N)ncnc21. The maximum absolute atomic E-state index is 14.1. The predicted molar refractivity (Wildman–Crippen MR) is 140 cm³/mol. The van der Waals surface area contributed by atoms with Gasteiger partial charge in [-0.25, -0.2) is 28.9 Å². The van der Waals surface area contributed by atoms with Gasteiger partial charge in [-0.1, -0.05) is 0 Å². The van der Waals surface area contributed by atoms with Crippen molar-refractivity contribution in [3.8, 4) is 0 Å². The van der Waals surface area contributed by atoms with Crippen molar-refractivity contribution in [2.24, 2.45) is 0 Å². The molecule has 0 spiro atoms. The molecule has 0 saturated carbocycles. The normalized spacial score (nSPS) is 22.8. The fourth-order valence-corrected chi connectivity index (χ4v) is 5.35. The molecule has 1 fully saturated rings. The topological polar surface area (TPSA) is 274 Å². The first kappa shape index (κ1) is 29.9. The molecule has 228 valence electrons. The lowest BCUT2D eigenvalue weighted by molar-refractivity contribution is -0.123. The Labute approximate surface area is 234 Å². The molecule has 5 heterocycles. The number of alkyl halides is 1. The van der Waals surface area contributed by atoms with Crippen LogP contribution in [0.2, 0.25) is 0 Å². The molecule has 4 aromatic heterocycles. The van der Waals surface area contributed by atoms with E-state index in [1.807, 2.05) is 0 Å². The average molecular weight is 614 g/mol. The number of aromatic nitrogens is 8. The number of aliphatic hydroxyl groups is 2. The van der Waals surface area contributed by atoms with E-state index in [4.69, 9.17) is 30.0 Å². The Balaban J connectivity index is 1.30. The average Bonchev–Trinajstić information content (AvgIpc) is 3.66. The zero-order valence-corrected chi connectivity index (χ0v) is 22.8. The van der Waals surface area contributed by atoms with Crippen LogP contribution >= 0.6 is 7.82 Å². The highest BCUT2D eigenvalue weighted by Crippen LogP contribution is 2.49. The van der Waals surface area contributed by atoms with Gasteiger partial charge in [-0.15, -0.1) is 0 Å². The number of nitrogen functional groups attached to an aromatic ring is 2. The van der Waals surface area contributed by atoms with Gasteiger partial charge in [0.05, 0.1) is 38.1 Å². The molecule has 19 nitrogen and oxygen atoms in total. The first-order valence-corrected chi connectivity index (χ1v) is 14.0. The number of H-pyrrole nitrogens is 1. The van der Waals surface area contributed by atoms with Crippen LogP contribution in [0, 0.1) is 0 Å². The molecule has 0 aromatic carbocycles. The number of ether oxygens (including phenoxy) is 2. The van der Waals surface area contributed by atoms with E-state index >= 15 is 0 Å². The molecule has 0 bridgehead atoms. The van der Waals surface area contributed by atoms with Crippen molar-refractivity contribution in [2.75, 3.05) is 31.4 Å². The van der Waals surface area contributed by atoms with Gasteiger partial charge < -0.3 is 36.0 Å². The number of rotatable bonds is 12. The van der Waals surface area contributed by atoms with Crippen molar-refractivity contribution < 1.29 is 42.6 Å². The maximum Gasteiger partial charge on any atom is 0.472 e. The second kappa shape index (κ2) is 11.9. The van der Waals surface area contributed by atoms with Crippen molar-refractivity contribution in [1.29, 1.82) is 0 Å². The van der Waals surface area contributed by atoms with Crippen LogP contribution in [0.3, 0.4) is 0 Å². The van der Waals surface area contributed by atoms with E-state index < -0.39 is 70.1 Å². The number of phosphoric ester groups is 1. The molecule has 1 aliphatic heterocycles.